The first-order valence-corrected chi connectivity index (χ1v) is 5.52. The molecule has 0 aliphatic carbocycles. The predicted octanol–water partition coefficient (Wildman–Crippen LogP) is 2.44. The number of hydrogen-bond acceptors (Lipinski definition) is 3. The first kappa shape index (κ1) is 10.7. The van der Waals surface area contributed by atoms with Crippen molar-refractivity contribution in [1.29, 1.82) is 0 Å². The molecule has 1 N–H and O–H groups in total. The van der Waals surface area contributed by atoms with E-state index in [0.29, 0.717) is 6.04 Å². The highest BCUT2D eigenvalue weighted by molar-refractivity contribution is 7.10. The molecule has 2 nitrogen and oxygen atoms in total. The minimum atomic E-state index is 0.463. The summed E-state index contributed by atoms with van der Waals surface area (Å²) in [6, 6.07) is 4.73. The van der Waals surface area contributed by atoms with Crippen molar-refractivity contribution in [2.45, 2.75) is 19.4 Å². The smallest absolute Gasteiger partial charge is 0.0480 e. The molecule has 0 aliphatic heterocycles. The SMILES string of the molecule is CCNC(CCOC)c1cccs1. The van der Waals surface area contributed by atoms with Gasteiger partial charge in [-0.05, 0) is 24.4 Å². The van der Waals surface area contributed by atoms with Crippen LogP contribution in [0, 0.1) is 0 Å². The Morgan fingerprint density at radius 1 is 1.62 bits per heavy atom. The minimum absolute atomic E-state index is 0.463. The summed E-state index contributed by atoms with van der Waals surface area (Å²) >= 11 is 1.80. The topological polar surface area (TPSA) is 21.3 Å². The van der Waals surface area contributed by atoms with Crippen molar-refractivity contribution in [2.75, 3.05) is 20.3 Å². The minimum Gasteiger partial charge on any atom is -0.385 e. The Balaban J connectivity index is 2.47. The van der Waals surface area contributed by atoms with E-state index in [1.54, 1.807) is 18.4 Å². The number of hydrogen-bond donors (Lipinski definition) is 1. The van der Waals surface area contributed by atoms with Gasteiger partial charge in [0.15, 0.2) is 0 Å². The maximum absolute atomic E-state index is 5.08. The highest BCUT2D eigenvalue weighted by Gasteiger charge is 2.09. The van der Waals surface area contributed by atoms with Crippen LogP contribution in [-0.2, 0) is 4.74 Å². The first-order valence-electron chi connectivity index (χ1n) is 4.64. The number of methoxy groups -OCH3 is 1. The second kappa shape index (κ2) is 6.13. The second-order valence-electron chi connectivity index (χ2n) is 2.91. The molecular formula is C10H17NOS. The largest absolute Gasteiger partial charge is 0.385 e. The van der Waals surface area contributed by atoms with Crippen molar-refractivity contribution in [3.05, 3.63) is 22.4 Å². The lowest BCUT2D eigenvalue weighted by Gasteiger charge is -2.15. The molecule has 0 aromatic carbocycles. The summed E-state index contributed by atoms with van der Waals surface area (Å²) in [6.45, 7) is 3.95. The third kappa shape index (κ3) is 3.46. The highest BCUT2D eigenvalue weighted by atomic mass is 32.1. The monoisotopic (exact) mass is 199 g/mol. The van der Waals surface area contributed by atoms with E-state index in [9.17, 15) is 0 Å². The molecule has 1 rings (SSSR count). The first-order chi connectivity index (χ1) is 6.38. The molecule has 0 aliphatic rings. The van der Waals surface area contributed by atoms with Crippen molar-refractivity contribution in [3.63, 3.8) is 0 Å². The lowest BCUT2D eigenvalue weighted by Crippen LogP contribution is -2.21. The zero-order valence-electron chi connectivity index (χ0n) is 8.25. The van der Waals surface area contributed by atoms with Gasteiger partial charge in [-0.25, -0.2) is 0 Å². The van der Waals surface area contributed by atoms with Gasteiger partial charge in [-0.2, -0.15) is 0 Å². The van der Waals surface area contributed by atoms with Gasteiger partial charge >= 0.3 is 0 Å². The molecule has 1 aromatic rings. The molecule has 1 heterocycles. The fourth-order valence-corrected chi connectivity index (χ4v) is 2.15. The summed E-state index contributed by atoms with van der Waals surface area (Å²) in [5, 5.41) is 5.57. The summed E-state index contributed by atoms with van der Waals surface area (Å²) in [4.78, 5) is 1.40. The molecule has 1 atom stereocenters. The lowest BCUT2D eigenvalue weighted by atomic mass is 10.2. The van der Waals surface area contributed by atoms with E-state index in [0.717, 1.165) is 19.6 Å². The van der Waals surface area contributed by atoms with Gasteiger partial charge in [0.2, 0.25) is 0 Å². The molecule has 3 heteroatoms. The van der Waals surface area contributed by atoms with E-state index in [1.165, 1.54) is 4.88 Å². The fraction of sp³-hybridized carbons (Fsp3) is 0.600. The van der Waals surface area contributed by atoms with Gasteiger partial charge in [0.1, 0.15) is 0 Å². The fourth-order valence-electron chi connectivity index (χ4n) is 1.32. The van der Waals surface area contributed by atoms with Crippen LogP contribution in [0.2, 0.25) is 0 Å². The molecule has 0 saturated heterocycles. The normalized spacial score (nSPS) is 13.1. The Morgan fingerprint density at radius 3 is 3.00 bits per heavy atom. The third-order valence-corrected chi connectivity index (χ3v) is 2.93. The van der Waals surface area contributed by atoms with E-state index in [1.807, 2.05) is 0 Å². The van der Waals surface area contributed by atoms with Crippen molar-refractivity contribution in [1.82, 2.24) is 5.32 Å². The molecule has 0 saturated carbocycles. The van der Waals surface area contributed by atoms with Crippen molar-refractivity contribution in [2.24, 2.45) is 0 Å². The molecule has 0 bridgehead atoms. The summed E-state index contributed by atoms with van der Waals surface area (Å²) < 4.78 is 5.08. The van der Waals surface area contributed by atoms with E-state index >= 15 is 0 Å². The highest BCUT2D eigenvalue weighted by Crippen LogP contribution is 2.21. The van der Waals surface area contributed by atoms with E-state index in [-0.39, 0.29) is 0 Å². The summed E-state index contributed by atoms with van der Waals surface area (Å²) in [7, 11) is 1.75. The van der Waals surface area contributed by atoms with Crippen molar-refractivity contribution < 1.29 is 4.74 Å². The summed E-state index contributed by atoms with van der Waals surface area (Å²) in [6.07, 6.45) is 1.05. The van der Waals surface area contributed by atoms with Crippen LogP contribution in [0.15, 0.2) is 17.5 Å². The van der Waals surface area contributed by atoms with Crippen LogP contribution in [0.4, 0.5) is 0 Å². The summed E-state index contributed by atoms with van der Waals surface area (Å²) in [5.41, 5.74) is 0. The van der Waals surface area contributed by atoms with E-state index in [4.69, 9.17) is 4.74 Å². The maximum atomic E-state index is 5.08. The molecule has 1 unspecified atom stereocenters. The van der Waals surface area contributed by atoms with Gasteiger partial charge in [-0.15, -0.1) is 11.3 Å². The van der Waals surface area contributed by atoms with Crippen molar-refractivity contribution >= 4 is 11.3 Å². The van der Waals surface area contributed by atoms with Crippen LogP contribution in [0.3, 0.4) is 0 Å². The molecule has 0 spiro atoms. The van der Waals surface area contributed by atoms with Crippen LogP contribution >= 0.6 is 11.3 Å². The number of thiophene rings is 1. The van der Waals surface area contributed by atoms with Gasteiger partial charge < -0.3 is 10.1 Å². The standard InChI is InChI=1S/C10H17NOS/c1-3-11-9(6-7-12-2)10-5-4-8-13-10/h4-5,8-9,11H,3,6-7H2,1-2H3. The zero-order valence-corrected chi connectivity index (χ0v) is 9.06. The van der Waals surface area contributed by atoms with Gasteiger partial charge in [-0.3, -0.25) is 0 Å². The maximum Gasteiger partial charge on any atom is 0.0480 e. The van der Waals surface area contributed by atoms with Crippen LogP contribution in [0.25, 0.3) is 0 Å². The number of rotatable bonds is 6. The molecule has 13 heavy (non-hydrogen) atoms. The number of nitrogens with one attached hydrogen (secondary N) is 1. The van der Waals surface area contributed by atoms with Crippen LogP contribution in [0.1, 0.15) is 24.3 Å². The van der Waals surface area contributed by atoms with Gasteiger partial charge in [-0.1, -0.05) is 13.0 Å². The summed E-state index contributed by atoms with van der Waals surface area (Å²) in [5.74, 6) is 0. The Hall–Kier alpha value is -0.380. The second-order valence-corrected chi connectivity index (χ2v) is 3.89. The zero-order chi connectivity index (χ0) is 9.52. The van der Waals surface area contributed by atoms with Gasteiger partial charge in [0.25, 0.3) is 0 Å². The van der Waals surface area contributed by atoms with Crippen molar-refractivity contribution in [3.8, 4) is 0 Å². The van der Waals surface area contributed by atoms with Crippen LogP contribution in [-0.4, -0.2) is 20.3 Å². The molecule has 0 fully saturated rings. The van der Waals surface area contributed by atoms with Gasteiger partial charge in [0, 0.05) is 24.6 Å². The van der Waals surface area contributed by atoms with Gasteiger partial charge in [0.05, 0.1) is 0 Å². The van der Waals surface area contributed by atoms with E-state index < -0.39 is 0 Å². The Kier molecular flexibility index (Phi) is 5.05. The van der Waals surface area contributed by atoms with Crippen LogP contribution < -0.4 is 5.32 Å². The Bertz CT molecular complexity index is 211. The molecule has 74 valence electrons. The molecular weight excluding hydrogens is 182 g/mol. The van der Waals surface area contributed by atoms with Crippen LogP contribution in [0.5, 0.6) is 0 Å². The Labute approximate surface area is 83.9 Å². The quantitative estimate of drug-likeness (QED) is 0.760. The predicted molar refractivity (Wildman–Crippen MR) is 57.2 cm³/mol. The lowest BCUT2D eigenvalue weighted by molar-refractivity contribution is 0.183. The average Bonchev–Trinajstić information content (AvgIpc) is 2.65. The average molecular weight is 199 g/mol. The number of ether oxygens (including phenoxy) is 1. The molecule has 0 amide bonds. The molecule has 1 aromatic heterocycles. The Morgan fingerprint density at radius 2 is 2.46 bits per heavy atom. The molecule has 0 radical (unpaired) electrons. The third-order valence-electron chi connectivity index (χ3n) is 1.95. The van der Waals surface area contributed by atoms with E-state index in [2.05, 4.69) is 29.8 Å².